The number of hydrogen-bond donors (Lipinski definition) is 1. The molecule has 3 heteroatoms. The van der Waals surface area contributed by atoms with Crippen molar-refractivity contribution in [1.29, 1.82) is 0 Å². The second-order valence-corrected chi connectivity index (χ2v) is 3.38. The van der Waals surface area contributed by atoms with Crippen molar-refractivity contribution >= 4 is 5.97 Å². The van der Waals surface area contributed by atoms with E-state index in [1.165, 1.54) is 6.26 Å². The molecule has 66 valence electrons. The van der Waals surface area contributed by atoms with Crippen LogP contribution < -0.4 is 0 Å². The fourth-order valence-electron chi connectivity index (χ4n) is 0.895. The Labute approximate surface area is 71.0 Å². The molecule has 1 heterocycles. The third-order valence-electron chi connectivity index (χ3n) is 1.99. The molecule has 0 aliphatic rings. The van der Waals surface area contributed by atoms with Crippen LogP contribution in [0.5, 0.6) is 0 Å². The van der Waals surface area contributed by atoms with Crippen molar-refractivity contribution in [1.82, 2.24) is 0 Å². The largest absolute Gasteiger partial charge is 0.481 e. The zero-order chi connectivity index (χ0) is 9.35. The summed E-state index contributed by atoms with van der Waals surface area (Å²) in [5.41, 5.74) is -0.162. The highest BCUT2D eigenvalue weighted by atomic mass is 16.4. The normalized spacial score (nSPS) is 11.6. The molecule has 0 saturated heterocycles. The molecule has 1 N–H and O–H groups in total. The van der Waals surface area contributed by atoms with Crippen LogP contribution in [0, 0.1) is 6.92 Å². The van der Waals surface area contributed by atoms with Crippen LogP contribution in [0.4, 0.5) is 0 Å². The molecule has 0 bridgehead atoms. The maximum atomic E-state index is 10.8. The highest BCUT2D eigenvalue weighted by Crippen LogP contribution is 2.24. The van der Waals surface area contributed by atoms with Gasteiger partial charge in [0.25, 0.3) is 0 Å². The third-order valence-corrected chi connectivity index (χ3v) is 1.99. The summed E-state index contributed by atoms with van der Waals surface area (Å²) in [6.07, 6.45) is 1.49. The van der Waals surface area contributed by atoms with Crippen molar-refractivity contribution < 1.29 is 14.3 Å². The van der Waals surface area contributed by atoms with Crippen LogP contribution in [0.25, 0.3) is 0 Å². The van der Waals surface area contributed by atoms with Gasteiger partial charge in [-0.15, -0.1) is 0 Å². The summed E-state index contributed by atoms with van der Waals surface area (Å²) in [5.74, 6) is -0.109. The lowest BCUT2D eigenvalue weighted by Crippen LogP contribution is -2.27. The van der Waals surface area contributed by atoms with E-state index in [1.807, 2.05) is 0 Å². The quantitative estimate of drug-likeness (QED) is 0.734. The van der Waals surface area contributed by atoms with Crippen molar-refractivity contribution in [2.45, 2.75) is 26.2 Å². The SMILES string of the molecule is Cc1cc(C(C)(C)C(=O)O)co1. The van der Waals surface area contributed by atoms with Gasteiger partial charge in [-0.3, -0.25) is 4.79 Å². The topological polar surface area (TPSA) is 50.4 Å². The number of aryl methyl sites for hydroxylation is 1. The van der Waals surface area contributed by atoms with Crippen molar-refractivity contribution in [3.63, 3.8) is 0 Å². The fourth-order valence-corrected chi connectivity index (χ4v) is 0.895. The molecule has 0 aliphatic carbocycles. The molecule has 12 heavy (non-hydrogen) atoms. The van der Waals surface area contributed by atoms with E-state index in [-0.39, 0.29) is 0 Å². The first-order valence-electron chi connectivity index (χ1n) is 3.73. The van der Waals surface area contributed by atoms with E-state index in [0.29, 0.717) is 5.56 Å². The van der Waals surface area contributed by atoms with Gasteiger partial charge in [-0.25, -0.2) is 0 Å². The summed E-state index contributed by atoms with van der Waals surface area (Å²) in [6, 6.07) is 1.74. The van der Waals surface area contributed by atoms with Gasteiger partial charge in [0, 0.05) is 5.56 Å². The summed E-state index contributed by atoms with van der Waals surface area (Å²) >= 11 is 0. The summed E-state index contributed by atoms with van der Waals surface area (Å²) < 4.78 is 5.04. The molecule has 1 rings (SSSR count). The van der Waals surface area contributed by atoms with Crippen molar-refractivity contribution in [3.8, 4) is 0 Å². The predicted octanol–water partition coefficient (Wildman–Crippen LogP) is 1.95. The predicted molar refractivity (Wildman–Crippen MR) is 44.1 cm³/mol. The molecule has 0 aromatic carbocycles. The van der Waals surface area contributed by atoms with E-state index in [2.05, 4.69) is 0 Å². The van der Waals surface area contributed by atoms with Crippen LogP contribution in [-0.4, -0.2) is 11.1 Å². The van der Waals surface area contributed by atoms with E-state index >= 15 is 0 Å². The van der Waals surface area contributed by atoms with Crippen molar-refractivity contribution in [2.75, 3.05) is 0 Å². The molecule has 1 aromatic rings. The van der Waals surface area contributed by atoms with Crippen molar-refractivity contribution in [3.05, 3.63) is 23.7 Å². The van der Waals surface area contributed by atoms with E-state index in [4.69, 9.17) is 9.52 Å². The molecule has 0 aliphatic heterocycles. The van der Waals surface area contributed by atoms with E-state index in [9.17, 15) is 4.79 Å². The van der Waals surface area contributed by atoms with Gasteiger partial charge >= 0.3 is 5.97 Å². The van der Waals surface area contributed by atoms with E-state index in [0.717, 1.165) is 5.76 Å². The Balaban J connectivity index is 3.05. The molecule has 0 amide bonds. The summed E-state index contributed by atoms with van der Waals surface area (Å²) in [6.45, 7) is 5.10. The van der Waals surface area contributed by atoms with Crippen molar-refractivity contribution in [2.24, 2.45) is 0 Å². The minimum absolute atomic E-state index is 0.701. The van der Waals surface area contributed by atoms with Gasteiger partial charge in [-0.05, 0) is 26.8 Å². The van der Waals surface area contributed by atoms with Gasteiger partial charge in [0.1, 0.15) is 5.76 Å². The Kier molecular flexibility index (Phi) is 1.96. The zero-order valence-electron chi connectivity index (χ0n) is 7.42. The minimum atomic E-state index is -0.863. The van der Waals surface area contributed by atoms with Crippen LogP contribution in [0.3, 0.4) is 0 Å². The first-order valence-corrected chi connectivity index (χ1v) is 3.73. The molecule has 0 fully saturated rings. The van der Waals surface area contributed by atoms with Gasteiger partial charge in [0.05, 0.1) is 11.7 Å². The minimum Gasteiger partial charge on any atom is -0.481 e. The van der Waals surface area contributed by atoms with Crippen LogP contribution in [-0.2, 0) is 10.2 Å². The number of carboxylic acid groups (broad SMARTS) is 1. The van der Waals surface area contributed by atoms with Gasteiger partial charge in [0.2, 0.25) is 0 Å². The maximum absolute atomic E-state index is 10.8. The second kappa shape index (κ2) is 2.66. The number of carbonyl (C=O) groups is 1. The smallest absolute Gasteiger partial charge is 0.313 e. The molecular formula is C9H12O3. The number of hydrogen-bond acceptors (Lipinski definition) is 2. The Hall–Kier alpha value is -1.25. The van der Waals surface area contributed by atoms with Crippen LogP contribution in [0.15, 0.2) is 16.7 Å². The Morgan fingerprint density at radius 3 is 2.50 bits per heavy atom. The zero-order valence-corrected chi connectivity index (χ0v) is 7.42. The number of carboxylic acids is 1. The first-order chi connectivity index (χ1) is 5.44. The third kappa shape index (κ3) is 1.35. The summed E-state index contributed by atoms with van der Waals surface area (Å²) in [5, 5.41) is 8.86. The fraction of sp³-hybridized carbons (Fsp3) is 0.444. The Bertz CT molecular complexity index is 296. The number of rotatable bonds is 2. The average Bonchev–Trinajstić information content (AvgIpc) is 2.35. The summed E-state index contributed by atoms with van der Waals surface area (Å²) in [7, 11) is 0. The lowest BCUT2D eigenvalue weighted by atomic mass is 9.87. The molecule has 0 spiro atoms. The van der Waals surface area contributed by atoms with E-state index in [1.54, 1.807) is 26.8 Å². The highest BCUT2D eigenvalue weighted by Gasteiger charge is 2.30. The van der Waals surface area contributed by atoms with Gasteiger partial charge in [-0.1, -0.05) is 0 Å². The van der Waals surface area contributed by atoms with Gasteiger partial charge in [0.15, 0.2) is 0 Å². The van der Waals surface area contributed by atoms with Crippen LogP contribution in [0.2, 0.25) is 0 Å². The first kappa shape index (κ1) is 8.84. The molecule has 0 radical (unpaired) electrons. The maximum Gasteiger partial charge on any atom is 0.313 e. The highest BCUT2D eigenvalue weighted by molar-refractivity contribution is 5.80. The monoisotopic (exact) mass is 168 g/mol. The Morgan fingerprint density at radius 2 is 2.17 bits per heavy atom. The van der Waals surface area contributed by atoms with Crippen LogP contribution >= 0.6 is 0 Å². The van der Waals surface area contributed by atoms with Gasteiger partial charge < -0.3 is 9.52 Å². The Morgan fingerprint density at radius 1 is 1.58 bits per heavy atom. The number of aliphatic carboxylic acids is 1. The summed E-state index contributed by atoms with van der Waals surface area (Å²) in [4.78, 5) is 10.8. The standard InChI is InChI=1S/C9H12O3/c1-6-4-7(5-12-6)9(2,3)8(10)11/h4-5H,1-3H3,(H,10,11). The average molecular weight is 168 g/mol. The van der Waals surface area contributed by atoms with Gasteiger partial charge in [-0.2, -0.15) is 0 Å². The molecule has 0 unspecified atom stereocenters. The molecule has 1 aromatic heterocycles. The van der Waals surface area contributed by atoms with E-state index < -0.39 is 11.4 Å². The molecular weight excluding hydrogens is 156 g/mol. The molecule has 0 atom stereocenters. The molecule has 0 saturated carbocycles. The number of furan rings is 1. The lowest BCUT2D eigenvalue weighted by Gasteiger charge is -2.16. The lowest BCUT2D eigenvalue weighted by molar-refractivity contribution is -0.142. The molecule has 3 nitrogen and oxygen atoms in total. The van der Waals surface area contributed by atoms with Crippen LogP contribution in [0.1, 0.15) is 25.2 Å². The second-order valence-electron chi connectivity index (χ2n) is 3.38.